The number of carbonyl (C=O) groups is 1. The fourth-order valence-electron chi connectivity index (χ4n) is 2.45. The molecule has 9 heteroatoms. The van der Waals surface area contributed by atoms with Crippen LogP contribution in [0.2, 0.25) is 0 Å². The largest absolute Gasteiger partial charge is 0.461 e. The minimum Gasteiger partial charge on any atom is -0.461 e. The van der Waals surface area contributed by atoms with E-state index in [1.807, 2.05) is 43.3 Å². The van der Waals surface area contributed by atoms with E-state index in [1.54, 1.807) is 30.3 Å². The van der Waals surface area contributed by atoms with E-state index in [-0.39, 0.29) is 11.7 Å². The Morgan fingerprint density at radius 2 is 1.93 bits per heavy atom. The number of amides is 1. The van der Waals surface area contributed by atoms with E-state index in [1.165, 1.54) is 16.4 Å². The van der Waals surface area contributed by atoms with Crippen LogP contribution in [0.5, 0.6) is 0 Å². The molecule has 2 aromatic heterocycles. The maximum absolute atomic E-state index is 12.4. The van der Waals surface area contributed by atoms with Crippen LogP contribution >= 0.6 is 11.8 Å². The summed E-state index contributed by atoms with van der Waals surface area (Å²) in [6.45, 7) is 0.542. The van der Waals surface area contributed by atoms with Gasteiger partial charge in [-0.1, -0.05) is 23.9 Å². The van der Waals surface area contributed by atoms with Gasteiger partial charge in [-0.05, 0) is 29.8 Å². The normalized spacial score (nSPS) is 10.8. The molecule has 0 saturated carbocycles. The molecule has 0 aliphatic heterocycles. The summed E-state index contributed by atoms with van der Waals surface area (Å²) < 4.78 is 6.61. The quantitative estimate of drug-likeness (QED) is 0.491. The molecule has 0 aliphatic rings. The molecule has 0 radical (unpaired) electrons. The molecule has 0 spiro atoms. The van der Waals surface area contributed by atoms with Crippen molar-refractivity contribution in [3.8, 4) is 11.6 Å². The van der Waals surface area contributed by atoms with Crippen molar-refractivity contribution >= 4 is 23.4 Å². The van der Waals surface area contributed by atoms with Crippen LogP contribution in [-0.2, 0) is 11.3 Å². The molecule has 142 valence electrons. The maximum Gasteiger partial charge on any atom is 0.233 e. The second-order valence-electron chi connectivity index (χ2n) is 6.25. The van der Waals surface area contributed by atoms with Crippen LogP contribution in [0.1, 0.15) is 5.56 Å². The number of hydrogen-bond donors (Lipinski definition) is 1. The average molecular weight is 386 g/mol. The van der Waals surface area contributed by atoms with E-state index in [0.717, 1.165) is 11.3 Å². The fraction of sp³-hybridized carbons (Fsp3) is 0.278. The van der Waals surface area contributed by atoms with E-state index < -0.39 is 0 Å². The highest BCUT2D eigenvalue weighted by atomic mass is 32.2. The van der Waals surface area contributed by atoms with Gasteiger partial charge in [0.15, 0.2) is 5.76 Å². The number of rotatable bonds is 7. The topological polar surface area (TPSA) is 93.4 Å². The van der Waals surface area contributed by atoms with Gasteiger partial charge in [-0.3, -0.25) is 4.79 Å². The van der Waals surface area contributed by atoms with Crippen molar-refractivity contribution in [3.63, 3.8) is 0 Å². The van der Waals surface area contributed by atoms with Crippen LogP contribution in [0.25, 0.3) is 11.6 Å². The van der Waals surface area contributed by atoms with Crippen molar-refractivity contribution in [1.29, 1.82) is 0 Å². The first-order chi connectivity index (χ1) is 13.0. The smallest absolute Gasteiger partial charge is 0.233 e. The molecule has 1 amide bonds. The standard InChI is InChI=1S/C18H22N6O2S/c1-22(2)14-8-6-13(7-9-14)11-23(3)16(25)12-27-18-21-20-17(24(18)19)15-5-4-10-26-15/h4-10H,11-12,19H2,1-3H3. The fourth-order valence-corrected chi connectivity index (χ4v) is 3.24. The number of furan rings is 1. The third-order valence-electron chi connectivity index (χ3n) is 4.03. The monoisotopic (exact) mass is 386 g/mol. The molecular weight excluding hydrogens is 364 g/mol. The van der Waals surface area contributed by atoms with Crippen LogP contribution in [-0.4, -0.2) is 52.6 Å². The van der Waals surface area contributed by atoms with E-state index in [2.05, 4.69) is 10.2 Å². The average Bonchev–Trinajstić information content (AvgIpc) is 3.29. The summed E-state index contributed by atoms with van der Waals surface area (Å²) in [4.78, 5) is 16.1. The highest BCUT2D eigenvalue weighted by Crippen LogP contribution is 2.22. The predicted octanol–water partition coefficient (Wildman–Crippen LogP) is 2.07. The first-order valence-corrected chi connectivity index (χ1v) is 9.31. The van der Waals surface area contributed by atoms with Crippen molar-refractivity contribution in [1.82, 2.24) is 19.8 Å². The number of benzene rings is 1. The maximum atomic E-state index is 12.4. The molecule has 0 bridgehead atoms. The molecule has 0 saturated heterocycles. The summed E-state index contributed by atoms with van der Waals surface area (Å²) in [5, 5.41) is 8.50. The second kappa shape index (κ2) is 8.17. The lowest BCUT2D eigenvalue weighted by Gasteiger charge is -2.18. The lowest BCUT2D eigenvalue weighted by Crippen LogP contribution is -2.28. The molecule has 0 aliphatic carbocycles. The van der Waals surface area contributed by atoms with Crippen LogP contribution in [0.15, 0.2) is 52.2 Å². The molecule has 1 aromatic carbocycles. The lowest BCUT2D eigenvalue weighted by atomic mass is 10.2. The van der Waals surface area contributed by atoms with Gasteiger partial charge >= 0.3 is 0 Å². The van der Waals surface area contributed by atoms with Crippen molar-refractivity contribution in [2.45, 2.75) is 11.7 Å². The summed E-state index contributed by atoms with van der Waals surface area (Å²) in [5.41, 5.74) is 2.20. The summed E-state index contributed by atoms with van der Waals surface area (Å²) in [6.07, 6.45) is 1.54. The number of nitrogens with zero attached hydrogens (tertiary/aromatic N) is 5. The third-order valence-corrected chi connectivity index (χ3v) is 4.96. The predicted molar refractivity (Wildman–Crippen MR) is 106 cm³/mol. The number of thioether (sulfide) groups is 1. The number of nitrogen functional groups attached to an aromatic ring is 1. The van der Waals surface area contributed by atoms with Gasteiger partial charge in [-0.2, -0.15) is 0 Å². The summed E-state index contributed by atoms with van der Waals surface area (Å²) in [6, 6.07) is 11.6. The Morgan fingerprint density at radius 1 is 1.19 bits per heavy atom. The Bertz CT molecular complexity index is 889. The summed E-state index contributed by atoms with van der Waals surface area (Å²) >= 11 is 1.24. The molecule has 0 unspecified atom stereocenters. The van der Waals surface area contributed by atoms with Gasteiger partial charge in [0.2, 0.25) is 16.9 Å². The van der Waals surface area contributed by atoms with Gasteiger partial charge < -0.3 is 20.1 Å². The van der Waals surface area contributed by atoms with Gasteiger partial charge in [-0.15, -0.1) is 10.2 Å². The van der Waals surface area contributed by atoms with Crippen LogP contribution in [0.3, 0.4) is 0 Å². The number of aromatic nitrogens is 3. The zero-order chi connectivity index (χ0) is 19.4. The Labute approximate surface area is 161 Å². The Hall–Kier alpha value is -2.94. The van der Waals surface area contributed by atoms with Crippen molar-refractivity contribution in [3.05, 3.63) is 48.2 Å². The molecule has 27 heavy (non-hydrogen) atoms. The van der Waals surface area contributed by atoms with Crippen LogP contribution in [0, 0.1) is 0 Å². The minimum absolute atomic E-state index is 0.0146. The van der Waals surface area contributed by atoms with Gasteiger partial charge in [0.25, 0.3) is 0 Å². The molecule has 2 N–H and O–H groups in total. The van der Waals surface area contributed by atoms with Gasteiger partial charge in [-0.25, -0.2) is 4.68 Å². The number of nitrogens with two attached hydrogens (primary N) is 1. The molecule has 3 rings (SSSR count). The van der Waals surface area contributed by atoms with E-state index in [0.29, 0.717) is 23.3 Å². The second-order valence-corrected chi connectivity index (χ2v) is 7.20. The molecule has 2 heterocycles. The van der Waals surface area contributed by atoms with Gasteiger partial charge in [0.05, 0.1) is 12.0 Å². The molecule has 0 atom stereocenters. The Kier molecular flexibility index (Phi) is 5.70. The van der Waals surface area contributed by atoms with Crippen molar-refractivity contribution in [2.75, 3.05) is 37.6 Å². The van der Waals surface area contributed by atoms with E-state index in [9.17, 15) is 4.79 Å². The highest BCUT2D eigenvalue weighted by molar-refractivity contribution is 7.99. The van der Waals surface area contributed by atoms with Crippen molar-refractivity contribution in [2.24, 2.45) is 0 Å². The van der Waals surface area contributed by atoms with Crippen molar-refractivity contribution < 1.29 is 9.21 Å². The first kappa shape index (κ1) is 18.8. The summed E-state index contributed by atoms with van der Waals surface area (Å²) in [5.74, 6) is 7.16. The number of anilines is 1. The Balaban J connectivity index is 1.56. The molecule has 3 aromatic rings. The zero-order valence-electron chi connectivity index (χ0n) is 15.5. The molecule has 0 fully saturated rings. The number of hydrogen-bond acceptors (Lipinski definition) is 7. The van der Waals surface area contributed by atoms with E-state index in [4.69, 9.17) is 10.3 Å². The molecule has 8 nitrogen and oxygen atoms in total. The third kappa shape index (κ3) is 4.43. The number of carbonyl (C=O) groups excluding carboxylic acids is 1. The Morgan fingerprint density at radius 3 is 2.56 bits per heavy atom. The zero-order valence-corrected chi connectivity index (χ0v) is 16.3. The first-order valence-electron chi connectivity index (χ1n) is 8.33. The van der Waals surface area contributed by atoms with Gasteiger partial charge in [0.1, 0.15) is 0 Å². The summed E-state index contributed by atoms with van der Waals surface area (Å²) in [7, 11) is 5.77. The van der Waals surface area contributed by atoms with Crippen LogP contribution in [0.4, 0.5) is 5.69 Å². The SMILES string of the molecule is CN(Cc1ccc(N(C)C)cc1)C(=O)CSc1nnc(-c2ccco2)n1N. The molecular formula is C18H22N6O2S. The lowest BCUT2D eigenvalue weighted by molar-refractivity contribution is -0.127. The van der Waals surface area contributed by atoms with E-state index >= 15 is 0 Å². The highest BCUT2D eigenvalue weighted by Gasteiger charge is 2.17. The minimum atomic E-state index is -0.0146. The van der Waals surface area contributed by atoms with Crippen LogP contribution < -0.4 is 10.7 Å². The van der Waals surface area contributed by atoms with Gasteiger partial charge in [0, 0.05) is 33.4 Å².